The molecule has 1 atom stereocenters. The molecule has 1 aromatic heterocycles. The number of hydrogen-bond donors (Lipinski definition) is 0. The Morgan fingerprint density at radius 1 is 1.00 bits per heavy atom. The van der Waals surface area contributed by atoms with Crippen molar-refractivity contribution in [3.05, 3.63) is 54.4 Å². The Morgan fingerprint density at radius 2 is 1.78 bits per heavy atom. The zero-order chi connectivity index (χ0) is 16.1. The quantitative estimate of drug-likeness (QED) is 0.645. The fourth-order valence-electron chi connectivity index (χ4n) is 3.57. The molecule has 118 valence electrons. The van der Waals surface area contributed by atoms with Crippen molar-refractivity contribution >= 4 is 27.6 Å². The van der Waals surface area contributed by atoms with Crippen molar-refractivity contribution in [2.45, 2.75) is 39.9 Å². The highest BCUT2D eigenvalue weighted by molar-refractivity contribution is 6.06. The smallest absolute Gasteiger partial charge is 0.137 e. The van der Waals surface area contributed by atoms with Gasteiger partial charge in [0, 0.05) is 41.0 Å². The summed E-state index contributed by atoms with van der Waals surface area (Å²) in [5, 5.41) is 2.38. The minimum absolute atomic E-state index is 0.315. The molecule has 1 aliphatic rings. The lowest BCUT2D eigenvalue weighted by molar-refractivity contribution is 0.263. The minimum atomic E-state index is 0.315. The number of para-hydroxylation sites is 1. The summed E-state index contributed by atoms with van der Waals surface area (Å²) in [6, 6.07) is 13.1. The summed E-state index contributed by atoms with van der Waals surface area (Å²) in [6.45, 7) is 8.86. The van der Waals surface area contributed by atoms with Crippen LogP contribution >= 0.6 is 0 Å². The molecule has 0 radical (unpaired) electrons. The summed E-state index contributed by atoms with van der Waals surface area (Å²) in [6.07, 6.45) is 4.66. The van der Waals surface area contributed by atoms with Crippen molar-refractivity contribution in [1.82, 2.24) is 4.90 Å². The van der Waals surface area contributed by atoms with Gasteiger partial charge in [-0.2, -0.15) is 0 Å². The third kappa shape index (κ3) is 2.11. The van der Waals surface area contributed by atoms with Gasteiger partial charge in [0.2, 0.25) is 0 Å². The van der Waals surface area contributed by atoms with Crippen LogP contribution in [-0.2, 0) is 0 Å². The number of furan rings is 1. The van der Waals surface area contributed by atoms with E-state index < -0.39 is 0 Å². The molecule has 4 rings (SSSR count). The van der Waals surface area contributed by atoms with Crippen LogP contribution in [0.2, 0.25) is 0 Å². The standard InChI is InChI=1S/C20H22N2O/c1-13(2)21-9-10-22(15(21)4)18-12-20-17(11-14(18)3)16-7-5-6-8-19(16)23-20/h5-13,15H,1-4H3/t15-/m0/s1. The Morgan fingerprint density at radius 3 is 2.52 bits per heavy atom. The highest BCUT2D eigenvalue weighted by atomic mass is 16.3. The second-order valence-electron chi connectivity index (χ2n) is 6.61. The van der Waals surface area contributed by atoms with E-state index in [0.29, 0.717) is 12.2 Å². The average Bonchev–Trinajstić information content (AvgIpc) is 3.07. The zero-order valence-electron chi connectivity index (χ0n) is 14.1. The molecular formula is C20H22N2O. The third-order valence-electron chi connectivity index (χ3n) is 4.80. The molecule has 0 amide bonds. The Bertz CT molecular complexity index is 907. The van der Waals surface area contributed by atoms with Crippen molar-refractivity contribution in [3.8, 4) is 0 Å². The summed E-state index contributed by atoms with van der Waals surface area (Å²) >= 11 is 0. The van der Waals surface area contributed by atoms with Gasteiger partial charge in [0.25, 0.3) is 0 Å². The predicted octanol–water partition coefficient (Wildman–Crippen LogP) is 5.24. The average molecular weight is 306 g/mol. The van der Waals surface area contributed by atoms with E-state index in [-0.39, 0.29) is 0 Å². The maximum atomic E-state index is 6.05. The molecule has 3 nitrogen and oxygen atoms in total. The van der Waals surface area contributed by atoms with Gasteiger partial charge in [0.05, 0.1) is 0 Å². The van der Waals surface area contributed by atoms with E-state index in [2.05, 4.69) is 74.2 Å². The molecule has 0 fully saturated rings. The molecule has 3 heteroatoms. The van der Waals surface area contributed by atoms with Crippen LogP contribution in [-0.4, -0.2) is 17.1 Å². The molecule has 0 unspecified atom stereocenters. The third-order valence-corrected chi connectivity index (χ3v) is 4.80. The Kier molecular flexibility index (Phi) is 3.12. The van der Waals surface area contributed by atoms with E-state index in [9.17, 15) is 0 Å². The number of aryl methyl sites for hydroxylation is 1. The molecule has 23 heavy (non-hydrogen) atoms. The minimum Gasteiger partial charge on any atom is -0.456 e. The summed E-state index contributed by atoms with van der Waals surface area (Å²) in [4.78, 5) is 4.68. The Hall–Kier alpha value is -2.42. The number of fused-ring (bicyclic) bond motifs is 3. The second-order valence-corrected chi connectivity index (χ2v) is 6.61. The number of anilines is 1. The maximum Gasteiger partial charge on any atom is 0.137 e. The van der Waals surface area contributed by atoms with Crippen LogP contribution in [0.4, 0.5) is 5.69 Å². The molecular weight excluding hydrogens is 284 g/mol. The zero-order valence-corrected chi connectivity index (χ0v) is 14.1. The van der Waals surface area contributed by atoms with E-state index in [1.807, 2.05) is 12.1 Å². The van der Waals surface area contributed by atoms with Gasteiger partial charge in [-0.25, -0.2) is 0 Å². The molecule has 0 spiro atoms. The number of benzene rings is 2. The number of nitrogens with zero attached hydrogens (tertiary/aromatic N) is 2. The van der Waals surface area contributed by atoms with Crippen LogP contribution in [0.5, 0.6) is 0 Å². The molecule has 1 aliphatic heterocycles. The van der Waals surface area contributed by atoms with E-state index in [0.717, 1.165) is 11.2 Å². The van der Waals surface area contributed by atoms with Gasteiger partial charge in [-0.1, -0.05) is 18.2 Å². The molecule has 3 aromatic rings. The van der Waals surface area contributed by atoms with Crippen molar-refractivity contribution in [3.63, 3.8) is 0 Å². The molecule has 2 aromatic carbocycles. The largest absolute Gasteiger partial charge is 0.456 e. The molecule has 0 N–H and O–H groups in total. The normalized spacial score (nSPS) is 18.0. The first-order valence-electron chi connectivity index (χ1n) is 8.22. The van der Waals surface area contributed by atoms with Crippen LogP contribution < -0.4 is 4.90 Å². The van der Waals surface area contributed by atoms with E-state index in [1.165, 1.54) is 22.0 Å². The Labute approximate surface area is 136 Å². The first-order chi connectivity index (χ1) is 11.1. The molecule has 0 bridgehead atoms. The van der Waals surface area contributed by atoms with Gasteiger partial charge >= 0.3 is 0 Å². The van der Waals surface area contributed by atoms with E-state index in [4.69, 9.17) is 4.42 Å². The molecule has 2 heterocycles. The number of hydrogen-bond acceptors (Lipinski definition) is 3. The fraction of sp³-hybridized carbons (Fsp3) is 0.300. The summed E-state index contributed by atoms with van der Waals surface area (Å²) < 4.78 is 6.05. The first-order valence-corrected chi connectivity index (χ1v) is 8.22. The van der Waals surface area contributed by atoms with Crippen LogP contribution in [0.15, 0.2) is 53.2 Å². The first kappa shape index (κ1) is 14.2. The lowest BCUT2D eigenvalue weighted by atomic mass is 10.1. The van der Waals surface area contributed by atoms with Gasteiger partial charge < -0.3 is 14.2 Å². The SMILES string of the molecule is Cc1cc2c(cc1N1C=CN(C(C)C)[C@@H]1C)oc1ccccc12. The van der Waals surface area contributed by atoms with Crippen molar-refractivity contribution in [2.24, 2.45) is 0 Å². The van der Waals surface area contributed by atoms with Crippen LogP contribution in [0.3, 0.4) is 0 Å². The summed E-state index contributed by atoms with van der Waals surface area (Å²) in [5.74, 6) is 0. The highest BCUT2D eigenvalue weighted by Gasteiger charge is 2.26. The fourth-order valence-corrected chi connectivity index (χ4v) is 3.57. The van der Waals surface area contributed by atoms with E-state index in [1.54, 1.807) is 0 Å². The highest BCUT2D eigenvalue weighted by Crippen LogP contribution is 2.36. The van der Waals surface area contributed by atoms with Crippen LogP contribution in [0.25, 0.3) is 21.9 Å². The van der Waals surface area contributed by atoms with Gasteiger partial charge in [0.15, 0.2) is 0 Å². The maximum absolute atomic E-state index is 6.05. The lowest BCUT2D eigenvalue weighted by Crippen LogP contribution is -2.39. The van der Waals surface area contributed by atoms with Crippen LogP contribution in [0.1, 0.15) is 26.3 Å². The van der Waals surface area contributed by atoms with Crippen molar-refractivity contribution in [2.75, 3.05) is 4.90 Å². The van der Waals surface area contributed by atoms with E-state index >= 15 is 0 Å². The van der Waals surface area contributed by atoms with Crippen LogP contribution in [0, 0.1) is 6.92 Å². The second kappa shape index (κ2) is 5.05. The van der Waals surface area contributed by atoms with Gasteiger partial charge in [-0.3, -0.25) is 0 Å². The lowest BCUT2D eigenvalue weighted by Gasteiger charge is -2.33. The Balaban J connectivity index is 1.84. The van der Waals surface area contributed by atoms with Crippen molar-refractivity contribution < 1.29 is 4.42 Å². The summed E-state index contributed by atoms with van der Waals surface area (Å²) in [7, 11) is 0. The predicted molar refractivity (Wildman–Crippen MR) is 96.5 cm³/mol. The molecule has 0 aliphatic carbocycles. The van der Waals surface area contributed by atoms with Gasteiger partial charge in [-0.05, 0) is 45.4 Å². The molecule has 0 saturated carbocycles. The summed E-state index contributed by atoms with van der Waals surface area (Å²) in [5.41, 5.74) is 4.39. The topological polar surface area (TPSA) is 19.6 Å². The molecule has 0 saturated heterocycles. The van der Waals surface area contributed by atoms with Crippen molar-refractivity contribution in [1.29, 1.82) is 0 Å². The monoisotopic (exact) mass is 306 g/mol. The van der Waals surface area contributed by atoms with Gasteiger partial charge in [-0.15, -0.1) is 0 Å². The number of rotatable bonds is 2. The van der Waals surface area contributed by atoms with Gasteiger partial charge in [0.1, 0.15) is 17.3 Å².